The first-order chi connectivity index (χ1) is 8.25. The predicted octanol–water partition coefficient (Wildman–Crippen LogP) is 4.51. The maximum absolute atomic E-state index is 10.1. The van der Waals surface area contributed by atoms with Crippen molar-refractivity contribution in [3.63, 3.8) is 0 Å². The van der Waals surface area contributed by atoms with Crippen LogP contribution in [-0.2, 0) is 0 Å². The maximum Gasteiger partial charge on any atom is 0.0606 e. The third-order valence-electron chi connectivity index (χ3n) is 3.51. The van der Waals surface area contributed by atoms with Gasteiger partial charge in [-0.2, -0.15) is 0 Å². The molecule has 0 saturated heterocycles. The van der Waals surface area contributed by atoms with Gasteiger partial charge in [-0.25, -0.2) is 0 Å². The Labute approximate surface area is 106 Å². The summed E-state index contributed by atoms with van der Waals surface area (Å²) >= 11 is 0. The largest absolute Gasteiger partial charge is 0.393 e. The smallest absolute Gasteiger partial charge is 0.0606 e. The van der Waals surface area contributed by atoms with E-state index < -0.39 is 0 Å². The zero-order chi connectivity index (χ0) is 12.5. The Morgan fingerprint density at radius 3 is 2.29 bits per heavy atom. The zero-order valence-corrected chi connectivity index (χ0v) is 11.2. The topological polar surface area (TPSA) is 20.2 Å². The minimum absolute atomic E-state index is 0.195. The van der Waals surface area contributed by atoms with Gasteiger partial charge in [-0.1, -0.05) is 76.3 Å². The Balaban J connectivity index is 2.25. The van der Waals surface area contributed by atoms with Crippen LogP contribution in [0.5, 0.6) is 0 Å². The summed E-state index contributed by atoms with van der Waals surface area (Å²) in [6, 6.07) is 10.3. The number of hydrogen-bond acceptors (Lipinski definition) is 1. The van der Waals surface area contributed by atoms with Crippen molar-refractivity contribution >= 4 is 0 Å². The van der Waals surface area contributed by atoms with E-state index in [4.69, 9.17) is 0 Å². The summed E-state index contributed by atoms with van der Waals surface area (Å²) in [5.41, 5.74) is 1.24. The second-order valence-corrected chi connectivity index (χ2v) is 4.97. The molecule has 96 valence electrons. The Kier molecular flexibility index (Phi) is 6.95. The molecule has 0 aliphatic heterocycles. The van der Waals surface area contributed by atoms with Crippen LogP contribution >= 0.6 is 0 Å². The Morgan fingerprint density at radius 1 is 1.00 bits per heavy atom. The fourth-order valence-electron chi connectivity index (χ4n) is 2.19. The SMILES string of the molecule is CCCCCCCC(O)C(C)c1ccccc1. The van der Waals surface area contributed by atoms with Crippen molar-refractivity contribution in [2.24, 2.45) is 0 Å². The number of hydrogen-bond donors (Lipinski definition) is 1. The first kappa shape index (κ1) is 14.2. The Hall–Kier alpha value is -0.820. The van der Waals surface area contributed by atoms with Gasteiger partial charge >= 0.3 is 0 Å². The quantitative estimate of drug-likeness (QED) is 0.656. The number of rotatable bonds is 8. The van der Waals surface area contributed by atoms with Gasteiger partial charge in [-0.15, -0.1) is 0 Å². The zero-order valence-electron chi connectivity index (χ0n) is 11.2. The van der Waals surface area contributed by atoms with Crippen LogP contribution < -0.4 is 0 Å². The number of aliphatic hydroxyl groups is 1. The first-order valence-corrected chi connectivity index (χ1v) is 6.98. The van der Waals surface area contributed by atoms with Crippen molar-refractivity contribution in [2.75, 3.05) is 0 Å². The Morgan fingerprint density at radius 2 is 1.65 bits per heavy atom. The second-order valence-electron chi connectivity index (χ2n) is 4.97. The van der Waals surface area contributed by atoms with Crippen molar-refractivity contribution in [1.29, 1.82) is 0 Å². The molecule has 1 rings (SSSR count). The minimum Gasteiger partial charge on any atom is -0.393 e. The van der Waals surface area contributed by atoms with Crippen LogP contribution in [0.15, 0.2) is 30.3 Å². The molecule has 1 aromatic carbocycles. The van der Waals surface area contributed by atoms with Gasteiger partial charge in [0.25, 0.3) is 0 Å². The molecular formula is C16H26O. The van der Waals surface area contributed by atoms with E-state index in [1.54, 1.807) is 0 Å². The fourth-order valence-corrected chi connectivity index (χ4v) is 2.19. The van der Waals surface area contributed by atoms with Gasteiger partial charge < -0.3 is 5.11 Å². The van der Waals surface area contributed by atoms with Crippen LogP contribution in [-0.4, -0.2) is 11.2 Å². The highest BCUT2D eigenvalue weighted by Gasteiger charge is 2.15. The van der Waals surface area contributed by atoms with Gasteiger partial charge in [-0.05, 0) is 12.0 Å². The van der Waals surface area contributed by atoms with Gasteiger partial charge in [0.1, 0.15) is 0 Å². The molecule has 0 aliphatic rings. The predicted molar refractivity (Wildman–Crippen MR) is 74.2 cm³/mol. The molecule has 0 fully saturated rings. The average Bonchev–Trinajstić information content (AvgIpc) is 2.38. The minimum atomic E-state index is -0.195. The maximum atomic E-state index is 10.1. The molecule has 1 heteroatoms. The highest BCUT2D eigenvalue weighted by atomic mass is 16.3. The summed E-state index contributed by atoms with van der Waals surface area (Å²) in [4.78, 5) is 0. The number of unbranched alkanes of at least 4 members (excludes halogenated alkanes) is 4. The van der Waals surface area contributed by atoms with Crippen LogP contribution in [0, 0.1) is 0 Å². The molecule has 0 bridgehead atoms. The fraction of sp³-hybridized carbons (Fsp3) is 0.625. The number of aliphatic hydroxyl groups excluding tert-OH is 1. The van der Waals surface area contributed by atoms with Gasteiger partial charge in [0.2, 0.25) is 0 Å². The third kappa shape index (κ3) is 5.36. The highest BCUT2D eigenvalue weighted by molar-refractivity contribution is 5.19. The summed E-state index contributed by atoms with van der Waals surface area (Å²) in [5, 5.41) is 10.1. The van der Waals surface area contributed by atoms with Crippen molar-refractivity contribution in [2.45, 2.75) is 64.4 Å². The monoisotopic (exact) mass is 234 g/mol. The normalized spacial score (nSPS) is 14.5. The molecule has 1 nitrogen and oxygen atoms in total. The lowest BCUT2D eigenvalue weighted by Crippen LogP contribution is -2.15. The summed E-state index contributed by atoms with van der Waals surface area (Å²) in [5.74, 6) is 0.252. The van der Waals surface area contributed by atoms with E-state index in [1.807, 2.05) is 18.2 Å². The highest BCUT2D eigenvalue weighted by Crippen LogP contribution is 2.22. The number of benzene rings is 1. The van der Waals surface area contributed by atoms with Gasteiger partial charge in [0.05, 0.1) is 6.10 Å². The summed E-state index contributed by atoms with van der Waals surface area (Å²) < 4.78 is 0. The molecule has 2 atom stereocenters. The van der Waals surface area contributed by atoms with Crippen LogP contribution in [0.3, 0.4) is 0 Å². The van der Waals surface area contributed by atoms with Crippen molar-refractivity contribution in [3.05, 3.63) is 35.9 Å². The van der Waals surface area contributed by atoms with E-state index >= 15 is 0 Å². The molecule has 0 radical (unpaired) electrons. The van der Waals surface area contributed by atoms with Gasteiger partial charge in [0, 0.05) is 5.92 Å². The molecule has 0 aromatic heterocycles. The lowest BCUT2D eigenvalue weighted by atomic mass is 9.92. The molecule has 0 saturated carbocycles. The van der Waals surface area contributed by atoms with Crippen molar-refractivity contribution < 1.29 is 5.11 Å². The van der Waals surface area contributed by atoms with E-state index in [2.05, 4.69) is 26.0 Å². The summed E-state index contributed by atoms with van der Waals surface area (Å²) in [7, 11) is 0. The van der Waals surface area contributed by atoms with Crippen molar-refractivity contribution in [1.82, 2.24) is 0 Å². The molecule has 1 aromatic rings. The molecule has 2 unspecified atom stereocenters. The van der Waals surface area contributed by atoms with Crippen molar-refractivity contribution in [3.8, 4) is 0 Å². The molecule has 0 aliphatic carbocycles. The van der Waals surface area contributed by atoms with Gasteiger partial charge in [0.15, 0.2) is 0 Å². The van der Waals surface area contributed by atoms with E-state index in [0.29, 0.717) is 0 Å². The molecular weight excluding hydrogens is 208 g/mol. The van der Waals surface area contributed by atoms with E-state index in [1.165, 1.54) is 31.2 Å². The van der Waals surface area contributed by atoms with E-state index in [0.717, 1.165) is 12.8 Å². The molecule has 0 amide bonds. The molecule has 17 heavy (non-hydrogen) atoms. The molecule has 0 spiro atoms. The lowest BCUT2D eigenvalue weighted by molar-refractivity contribution is 0.136. The average molecular weight is 234 g/mol. The molecule has 0 heterocycles. The van der Waals surface area contributed by atoms with E-state index in [9.17, 15) is 5.11 Å². The molecule has 1 N–H and O–H groups in total. The second kappa shape index (κ2) is 8.30. The lowest BCUT2D eigenvalue weighted by Gasteiger charge is -2.19. The Bertz CT molecular complexity index is 281. The third-order valence-corrected chi connectivity index (χ3v) is 3.51. The van der Waals surface area contributed by atoms with Crippen LogP contribution in [0.4, 0.5) is 0 Å². The van der Waals surface area contributed by atoms with Crippen LogP contribution in [0.2, 0.25) is 0 Å². The first-order valence-electron chi connectivity index (χ1n) is 6.98. The van der Waals surface area contributed by atoms with Crippen LogP contribution in [0.1, 0.15) is 63.9 Å². The van der Waals surface area contributed by atoms with E-state index in [-0.39, 0.29) is 12.0 Å². The standard InChI is InChI=1S/C16H26O/c1-3-4-5-6-10-13-16(17)14(2)15-11-8-7-9-12-15/h7-9,11-12,14,16-17H,3-6,10,13H2,1-2H3. The van der Waals surface area contributed by atoms with Gasteiger partial charge in [-0.3, -0.25) is 0 Å². The summed E-state index contributed by atoms with van der Waals surface area (Å²) in [6.07, 6.45) is 7.06. The summed E-state index contributed by atoms with van der Waals surface area (Å²) in [6.45, 7) is 4.35. The van der Waals surface area contributed by atoms with Crippen LogP contribution in [0.25, 0.3) is 0 Å².